The summed E-state index contributed by atoms with van der Waals surface area (Å²) in [5.41, 5.74) is 8.67. The number of nitrogens with two attached hydrogens (primary N) is 1. The molecule has 0 spiro atoms. The van der Waals surface area contributed by atoms with Crippen LogP contribution in [0.2, 0.25) is 0 Å². The van der Waals surface area contributed by atoms with E-state index in [0.29, 0.717) is 0 Å². The molecule has 1 aromatic carbocycles. The smallest absolute Gasteiger partial charge is 0.0498 e. The van der Waals surface area contributed by atoms with E-state index in [1.807, 2.05) is 0 Å². The van der Waals surface area contributed by atoms with E-state index >= 15 is 0 Å². The van der Waals surface area contributed by atoms with Gasteiger partial charge >= 0.3 is 0 Å². The maximum absolute atomic E-state index is 6.07. The molecular formula is C16H26N2. The minimum atomic E-state index is 0.0969. The summed E-state index contributed by atoms with van der Waals surface area (Å²) in [5, 5.41) is 3.71. The van der Waals surface area contributed by atoms with E-state index in [0.717, 1.165) is 18.4 Å². The second kappa shape index (κ2) is 5.31. The van der Waals surface area contributed by atoms with Gasteiger partial charge in [0.15, 0.2) is 0 Å². The molecule has 100 valence electrons. The number of hydrogen-bond acceptors (Lipinski definition) is 2. The van der Waals surface area contributed by atoms with E-state index in [4.69, 9.17) is 5.73 Å². The van der Waals surface area contributed by atoms with Crippen LogP contribution in [0.15, 0.2) is 24.3 Å². The molecule has 1 aliphatic carbocycles. The minimum Gasteiger partial charge on any atom is -0.378 e. The van der Waals surface area contributed by atoms with E-state index in [9.17, 15) is 0 Å². The quantitative estimate of drug-likeness (QED) is 0.856. The molecule has 3 unspecified atom stereocenters. The van der Waals surface area contributed by atoms with Gasteiger partial charge in [0.1, 0.15) is 0 Å². The van der Waals surface area contributed by atoms with Crippen LogP contribution in [-0.4, -0.2) is 12.1 Å². The molecule has 3 atom stereocenters. The van der Waals surface area contributed by atoms with Gasteiger partial charge in [0.25, 0.3) is 0 Å². The van der Waals surface area contributed by atoms with E-state index in [2.05, 4.69) is 50.4 Å². The molecule has 0 saturated heterocycles. The third-order valence-electron chi connectivity index (χ3n) is 4.58. The van der Waals surface area contributed by atoms with Crippen molar-refractivity contribution in [2.75, 3.05) is 11.9 Å². The summed E-state index contributed by atoms with van der Waals surface area (Å²) >= 11 is 0. The van der Waals surface area contributed by atoms with Crippen LogP contribution in [0.1, 0.15) is 38.7 Å². The van der Waals surface area contributed by atoms with Gasteiger partial charge in [-0.05, 0) is 55.7 Å². The highest BCUT2D eigenvalue weighted by molar-refractivity contribution is 5.48. The number of hydrogen-bond donors (Lipinski definition) is 2. The summed E-state index contributed by atoms with van der Waals surface area (Å²) < 4.78 is 0. The number of rotatable bonds is 3. The first-order chi connectivity index (χ1) is 8.54. The Morgan fingerprint density at radius 3 is 2.72 bits per heavy atom. The van der Waals surface area contributed by atoms with Gasteiger partial charge in [-0.25, -0.2) is 0 Å². The van der Waals surface area contributed by atoms with Gasteiger partial charge in [-0.3, -0.25) is 0 Å². The number of nitrogens with one attached hydrogen (secondary N) is 1. The Labute approximate surface area is 111 Å². The first-order valence-corrected chi connectivity index (χ1v) is 7.09. The molecule has 1 aliphatic rings. The van der Waals surface area contributed by atoms with E-state index in [-0.39, 0.29) is 5.54 Å². The molecule has 0 amide bonds. The van der Waals surface area contributed by atoms with Gasteiger partial charge in [-0.2, -0.15) is 0 Å². The van der Waals surface area contributed by atoms with Crippen LogP contribution in [0.5, 0.6) is 0 Å². The minimum absolute atomic E-state index is 0.0969. The van der Waals surface area contributed by atoms with Crippen LogP contribution in [-0.2, 0) is 0 Å². The summed E-state index contributed by atoms with van der Waals surface area (Å²) in [6, 6.07) is 8.59. The Hall–Kier alpha value is -1.02. The second-order valence-electron chi connectivity index (χ2n) is 6.18. The predicted octanol–water partition coefficient (Wildman–Crippen LogP) is 3.56. The lowest BCUT2D eigenvalue weighted by atomic mass is 9.71. The Balaban J connectivity index is 2.13. The Bertz CT molecular complexity index is 402. The Morgan fingerprint density at radius 2 is 2.11 bits per heavy atom. The van der Waals surface area contributed by atoms with Crippen molar-refractivity contribution >= 4 is 5.69 Å². The first-order valence-electron chi connectivity index (χ1n) is 7.09. The SMILES string of the molecule is Cc1cccc(NC2(CN)CCC(C)C(C)C2)c1. The van der Waals surface area contributed by atoms with Crippen molar-refractivity contribution in [2.45, 2.75) is 45.6 Å². The highest BCUT2D eigenvalue weighted by Gasteiger charge is 2.36. The van der Waals surface area contributed by atoms with Crippen LogP contribution in [0, 0.1) is 18.8 Å². The van der Waals surface area contributed by atoms with Crippen molar-refractivity contribution in [3.8, 4) is 0 Å². The molecule has 0 heterocycles. The lowest BCUT2D eigenvalue weighted by Crippen LogP contribution is -2.50. The van der Waals surface area contributed by atoms with Crippen LogP contribution in [0.3, 0.4) is 0 Å². The zero-order chi connectivity index (χ0) is 13.2. The molecule has 1 fully saturated rings. The van der Waals surface area contributed by atoms with E-state index < -0.39 is 0 Å². The topological polar surface area (TPSA) is 38.0 Å². The maximum atomic E-state index is 6.07. The largest absolute Gasteiger partial charge is 0.378 e. The second-order valence-corrected chi connectivity index (χ2v) is 6.18. The fourth-order valence-electron chi connectivity index (χ4n) is 3.09. The zero-order valence-corrected chi connectivity index (χ0v) is 11.9. The summed E-state index contributed by atoms with van der Waals surface area (Å²) in [6.45, 7) is 7.56. The average Bonchev–Trinajstić information content (AvgIpc) is 2.34. The molecule has 18 heavy (non-hydrogen) atoms. The summed E-state index contributed by atoms with van der Waals surface area (Å²) in [5.74, 6) is 1.57. The standard InChI is InChI=1S/C16H26N2/c1-12-5-4-6-15(9-12)18-16(11-17)8-7-13(2)14(3)10-16/h4-6,9,13-14,18H,7-8,10-11,17H2,1-3H3. The maximum Gasteiger partial charge on any atom is 0.0498 e. The van der Waals surface area contributed by atoms with Crippen molar-refractivity contribution in [3.63, 3.8) is 0 Å². The normalized spacial score (nSPS) is 32.2. The van der Waals surface area contributed by atoms with Gasteiger partial charge in [-0.1, -0.05) is 26.0 Å². The van der Waals surface area contributed by atoms with E-state index in [1.165, 1.54) is 30.5 Å². The molecule has 2 nitrogen and oxygen atoms in total. The number of aryl methyl sites for hydroxylation is 1. The van der Waals surface area contributed by atoms with Crippen molar-refractivity contribution in [3.05, 3.63) is 29.8 Å². The summed E-state index contributed by atoms with van der Waals surface area (Å²) in [6.07, 6.45) is 3.64. The van der Waals surface area contributed by atoms with Gasteiger partial charge in [-0.15, -0.1) is 0 Å². The molecule has 0 aliphatic heterocycles. The van der Waals surface area contributed by atoms with Gasteiger partial charge < -0.3 is 11.1 Å². The third kappa shape index (κ3) is 2.86. The number of anilines is 1. The molecule has 1 aromatic rings. The monoisotopic (exact) mass is 246 g/mol. The van der Waals surface area contributed by atoms with Gasteiger partial charge in [0.05, 0.1) is 0 Å². The van der Waals surface area contributed by atoms with Crippen molar-refractivity contribution in [1.29, 1.82) is 0 Å². The molecule has 2 heteroatoms. The zero-order valence-electron chi connectivity index (χ0n) is 11.9. The molecule has 0 aromatic heterocycles. The lowest BCUT2D eigenvalue weighted by Gasteiger charge is -2.43. The molecule has 0 radical (unpaired) electrons. The van der Waals surface area contributed by atoms with Crippen molar-refractivity contribution in [2.24, 2.45) is 17.6 Å². The Morgan fingerprint density at radius 1 is 1.33 bits per heavy atom. The van der Waals surface area contributed by atoms with E-state index in [1.54, 1.807) is 0 Å². The molecule has 3 N–H and O–H groups in total. The highest BCUT2D eigenvalue weighted by atomic mass is 15.0. The fourth-order valence-corrected chi connectivity index (χ4v) is 3.09. The van der Waals surface area contributed by atoms with Crippen LogP contribution in [0.4, 0.5) is 5.69 Å². The molecule has 1 saturated carbocycles. The van der Waals surface area contributed by atoms with Gasteiger partial charge in [0, 0.05) is 17.8 Å². The first kappa shape index (κ1) is 13.4. The highest BCUT2D eigenvalue weighted by Crippen LogP contribution is 2.37. The third-order valence-corrected chi connectivity index (χ3v) is 4.58. The summed E-state index contributed by atoms with van der Waals surface area (Å²) in [4.78, 5) is 0. The van der Waals surface area contributed by atoms with Crippen LogP contribution >= 0.6 is 0 Å². The number of benzene rings is 1. The predicted molar refractivity (Wildman–Crippen MR) is 78.8 cm³/mol. The molecule has 2 rings (SSSR count). The van der Waals surface area contributed by atoms with Crippen molar-refractivity contribution in [1.82, 2.24) is 0 Å². The van der Waals surface area contributed by atoms with Crippen LogP contribution < -0.4 is 11.1 Å². The van der Waals surface area contributed by atoms with Crippen molar-refractivity contribution < 1.29 is 0 Å². The fraction of sp³-hybridized carbons (Fsp3) is 0.625. The van der Waals surface area contributed by atoms with Crippen LogP contribution in [0.25, 0.3) is 0 Å². The lowest BCUT2D eigenvalue weighted by molar-refractivity contribution is 0.196. The summed E-state index contributed by atoms with van der Waals surface area (Å²) in [7, 11) is 0. The van der Waals surface area contributed by atoms with Gasteiger partial charge in [0.2, 0.25) is 0 Å². The molecular weight excluding hydrogens is 220 g/mol. The average molecular weight is 246 g/mol. The Kier molecular flexibility index (Phi) is 3.96. The molecule has 0 bridgehead atoms.